The van der Waals surface area contributed by atoms with Crippen LogP contribution >= 0.6 is 24.0 Å². The van der Waals surface area contributed by atoms with Crippen LogP contribution in [0.3, 0.4) is 0 Å². The minimum absolute atomic E-state index is 0.00315. The second kappa shape index (κ2) is 7.64. The van der Waals surface area contributed by atoms with E-state index in [0.29, 0.717) is 13.0 Å². The van der Waals surface area contributed by atoms with Crippen LogP contribution in [0, 0.1) is 5.92 Å². The van der Waals surface area contributed by atoms with E-state index < -0.39 is 5.92 Å². The number of nitrogens with two attached hydrogens (primary N) is 1. The zero-order valence-corrected chi connectivity index (χ0v) is 13.8. The first-order chi connectivity index (χ1) is 9.35. The molecule has 1 aromatic rings. The fourth-order valence-electron chi connectivity index (χ4n) is 1.67. The third-order valence-corrected chi connectivity index (χ3v) is 4.72. The number of nitrogens with one attached hydrogen (secondary N) is 1. The van der Waals surface area contributed by atoms with E-state index in [4.69, 9.17) is 18.0 Å². The SMILES string of the molecule is CSC(C)(C)CNC(=O)C(Cc1ccccc1)C(N)=S. The second-order valence-corrected chi connectivity index (χ2v) is 7.31. The highest BCUT2D eigenvalue weighted by Crippen LogP contribution is 2.20. The number of carbonyl (C=O) groups excluding carboxylic acids is 1. The highest BCUT2D eigenvalue weighted by atomic mass is 32.2. The van der Waals surface area contributed by atoms with Crippen LogP contribution in [0.4, 0.5) is 0 Å². The Morgan fingerprint density at radius 2 is 2.00 bits per heavy atom. The Bertz CT molecular complexity index is 460. The van der Waals surface area contributed by atoms with Crippen molar-refractivity contribution in [3.05, 3.63) is 35.9 Å². The number of carbonyl (C=O) groups is 1. The smallest absolute Gasteiger partial charge is 0.230 e. The highest BCUT2D eigenvalue weighted by molar-refractivity contribution is 7.99. The van der Waals surface area contributed by atoms with Gasteiger partial charge in [-0.15, -0.1) is 0 Å². The van der Waals surface area contributed by atoms with E-state index in [2.05, 4.69) is 19.2 Å². The number of hydrogen-bond acceptors (Lipinski definition) is 3. The first kappa shape index (κ1) is 17.0. The van der Waals surface area contributed by atoms with Gasteiger partial charge in [-0.1, -0.05) is 42.5 Å². The summed E-state index contributed by atoms with van der Waals surface area (Å²) in [5.74, 6) is -0.548. The molecule has 1 amide bonds. The van der Waals surface area contributed by atoms with Crippen molar-refractivity contribution >= 4 is 34.9 Å². The molecule has 1 aromatic carbocycles. The van der Waals surface area contributed by atoms with Crippen molar-refractivity contribution in [1.82, 2.24) is 5.32 Å². The quantitative estimate of drug-likeness (QED) is 0.759. The summed E-state index contributed by atoms with van der Waals surface area (Å²) in [6.07, 6.45) is 2.57. The molecule has 0 aliphatic rings. The standard InChI is InChI=1S/C15H22N2OS2/c1-15(2,20-3)10-17-14(18)12(13(16)19)9-11-7-5-4-6-8-11/h4-8,12H,9-10H2,1-3H3,(H2,16,19)(H,17,18). The maximum Gasteiger partial charge on any atom is 0.230 e. The lowest BCUT2D eigenvalue weighted by atomic mass is 9.98. The molecule has 0 saturated carbocycles. The lowest BCUT2D eigenvalue weighted by molar-refractivity contribution is -0.123. The third-order valence-electron chi connectivity index (χ3n) is 3.18. The Balaban J connectivity index is 2.67. The molecule has 0 aromatic heterocycles. The van der Waals surface area contributed by atoms with Crippen molar-refractivity contribution in [1.29, 1.82) is 0 Å². The molecule has 0 aliphatic carbocycles. The van der Waals surface area contributed by atoms with E-state index in [1.807, 2.05) is 36.6 Å². The monoisotopic (exact) mass is 310 g/mol. The summed E-state index contributed by atoms with van der Waals surface area (Å²) in [7, 11) is 0. The van der Waals surface area contributed by atoms with Crippen LogP contribution in [0.2, 0.25) is 0 Å². The average Bonchev–Trinajstić information content (AvgIpc) is 2.43. The van der Waals surface area contributed by atoms with Crippen LogP contribution < -0.4 is 11.1 Å². The summed E-state index contributed by atoms with van der Waals surface area (Å²) in [6.45, 7) is 4.77. The Kier molecular flexibility index (Phi) is 6.49. The molecule has 0 bridgehead atoms. The van der Waals surface area contributed by atoms with E-state index in [9.17, 15) is 4.79 Å². The Hall–Kier alpha value is -1.07. The van der Waals surface area contributed by atoms with Crippen molar-refractivity contribution in [3.63, 3.8) is 0 Å². The number of thiocarbonyl (C=S) groups is 1. The van der Waals surface area contributed by atoms with E-state index in [0.717, 1.165) is 5.56 Å². The molecule has 1 rings (SSSR count). The van der Waals surface area contributed by atoms with Gasteiger partial charge in [-0.2, -0.15) is 11.8 Å². The molecule has 20 heavy (non-hydrogen) atoms. The van der Waals surface area contributed by atoms with Gasteiger partial charge in [0.2, 0.25) is 5.91 Å². The zero-order chi connectivity index (χ0) is 15.2. The van der Waals surface area contributed by atoms with Gasteiger partial charge in [-0.05, 0) is 32.1 Å². The Labute approximate surface area is 130 Å². The van der Waals surface area contributed by atoms with Gasteiger partial charge in [0.1, 0.15) is 0 Å². The minimum atomic E-state index is -0.454. The van der Waals surface area contributed by atoms with Gasteiger partial charge in [0.05, 0.1) is 10.9 Å². The molecule has 5 heteroatoms. The summed E-state index contributed by atoms with van der Waals surface area (Å²) in [5, 5.41) is 2.95. The van der Waals surface area contributed by atoms with Gasteiger partial charge >= 0.3 is 0 Å². The maximum atomic E-state index is 12.3. The molecule has 110 valence electrons. The number of hydrogen-bond donors (Lipinski definition) is 2. The molecule has 0 aliphatic heterocycles. The van der Waals surface area contributed by atoms with Gasteiger partial charge in [-0.3, -0.25) is 4.79 Å². The molecule has 1 atom stereocenters. The van der Waals surface area contributed by atoms with Crippen LogP contribution in [-0.4, -0.2) is 28.4 Å². The maximum absolute atomic E-state index is 12.3. The largest absolute Gasteiger partial charge is 0.393 e. The zero-order valence-electron chi connectivity index (χ0n) is 12.2. The first-order valence-corrected chi connectivity index (χ1v) is 8.15. The van der Waals surface area contributed by atoms with Crippen LogP contribution in [-0.2, 0) is 11.2 Å². The van der Waals surface area contributed by atoms with E-state index >= 15 is 0 Å². The molecule has 3 N–H and O–H groups in total. The predicted octanol–water partition coefficient (Wildman–Crippen LogP) is 2.39. The molecule has 1 unspecified atom stereocenters. The number of amides is 1. The minimum Gasteiger partial charge on any atom is -0.393 e. The summed E-state index contributed by atoms with van der Waals surface area (Å²) < 4.78 is 0.00315. The fourth-order valence-corrected chi connectivity index (χ4v) is 2.07. The molecule has 0 heterocycles. The van der Waals surface area contributed by atoms with Gasteiger partial charge in [0.15, 0.2) is 0 Å². The summed E-state index contributed by atoms with van der Waals surface area (Å²) in [4.78, 5) is 12.5. The first-order valence-electron chi connectivity index (χ1n) is 6.52. The van der Waals surface area contributed by atoms with Crippen molar-refractivity contribution in [2.24, 2.45) is 11.7 Å². The summed E-state index contributed by atoms with van der Waals surface area (Å²) in [6, 6.07) is 9.79. The normalized spacial score (nSPS) is 12.8. The van der Waals surface area contributed by atoms with Crippen molar-refractivity contribution < 1.29 is 4.79 Å². The Morgan fingerprint density at radius 1 is 1.40 bits per heavy atom. The molecule has 0 spiro atoms. The van der Waals surface area contributed by atoms with E-state index in [1.54, 1.807) is 11.8 Å². The lowest BCUT2D eigenvalue weighted by Crippen LogP contribution is -2.43. The van der Waals surface area contributed by atoms with Crippen molar-refractivity contribution in [2.45, 2.75) is 25.0 Å². The van der Waals surface area contributed by atoms with Crippen molar-refractivity contribution in [2.75, 3.05) is 12.8 Å². The number of thioether (sulfide) groups is 1. The van der Waals surface area contributed by atoms with Crippen LogP contribution in [0.15, 0.2) is 30.3 Å². The molecular weight excluding hydrogens is 288 g/mol. The molecular formula is C15H22N2OS2. The highest BCUT2D eigenvalue weighted by Gasteiger charge is 2.24. The lowest BCUT2D eigenvalue weighted by Gasteiger charge is -2.24. The van der Waals surface area contributed by atoms with E-state index in [-0.39, 0.29) is 15.6 Å². The van der Waals surface area contributed by atoms with Crippen LogP contribution in [0.1, 0.15) is 19.4 Å². The van der Waals surface area contributed by atoms with Crippen LogP contribution in [0.25, 0.3) is 0 Å². The van der Waals surface area contributed by atoms with Gasteiger partial charge in [0.25, 0.3) is 0 Å². The Morgan fingerprint density at radius 3 is 2.50 bits per heavy atom. The fraction of sp³-hybridized carbons (Fsp3) is 0.467. The molecule has 0 fully saturated rings. The number of benzene rings is 1. The topological polar surface area (TPSA) is 55.1 Å². The second-order valence-electron chi connectivity index (χ2n) is 5.33. The van der Waals surface area contributed by atoms with Gasteiger partial charge < -0.3 is 11.1 Å². The van der Waals surface area contributed by atoms with Gasteiger partial charge in [-0.25, -0.2) is 0 Å². The summed E-state index contributed by atoms with van der Waals surface area (Å²) in [5.41, 5.74) is 6.78. The molecule has 0 saturated heterocycles. The molecule has 3 nitrogen and oxygen atoms in total. The third kappa shape index (κ3) is 5.51. The van der Waals surface area contributed by atoms with Gasteiger partial charge in [0, 0.05) is 11.3 Å². The van der Waals surface area contributed by atoms with Crippen molar-refractivity contribution in [3.8, 4) is 0 Å². The summed E-state index contributed by atoms with van der Waals surface area (Å²) >= 11 is 6.75. The average molecular weight is 310 g/mol. The van der Waals surface area contributed by atoms with E-state index in [1.165, 1.54) is 0 Å². The number of rotatable bonds is 7. The predicted molar refractivity (Wildman–Crippen MR) is 91.0 cm³/mol. The molecule has 0 radical (unpaired) electrons. The van der Waals surface area contributed by atoms with Crippen LogP contribution in [0.5, 0.6) is 0 Å².